The quantitative estimate of drug-likeness (QED) is 0.656. The zero-order valence-electron chi connectivity index (χ0n) is 15.5. The summed E-state index contributed by atoms with van der Waals surface area (Å²) in [5.41, 5.74) is 2.83. The molecule has 5 nitrogen and oxygen atoms in total. The van der Waals surface area contributed by atoms with Gasteiger partial charge in [-0.15, -0.1) is 0 Å². The largest absolute Gasteiger partial charge is 0.456 e. The maximum atomic E-state index is 12.0. The first-order valence-corrected chi connectivity index (χ1v) is 9.96. The standard InChI is InChI=1S/C21H20Cl2N2O3/c1-2-27-21(26)25-9-7-24(8-10-25)18-12-14-11-15(22)3-5-19(14)28-20-6-4-16(23)13-17(18)20/h3-6,11-13H,2,7-10H2,1H3. The lowest BCUT2D eigenvalue weighted by Gasteiger charge is -2.37. The summed E-state index contributed by atoms with van der Waals surface area (Å²) in [4.78, 5) is 16.0. The first-order chi connectivity index (χ1) is 13.5. The van der Waals surface area contributed by atoms with E-state index in [2.05, 4.69) is 11.0 Å². The lowest BCUT2D eigenvalue weighted by atomic mass is 10.1. The van der Waals surface area contributed by atoms with E-state index in [4.69, 9.17) is 32.7 Å². The molecule has 0 saturated carbocycles. The molecule has 2 heterocycles. The van der Waals surface area contributed by atoms with Crippen LogP contribution in [-0.2, 0) is 4.74 Å². The number of rotatable bonds is 2. The number of carbonyl (C=O) groups excluding carboxylic acids is 1. The van der Waals surface area contributed by atoms with Gasteiger partial charge in [-0.3, -0.25) is 0 Å². The van der Waals surface area contributed by atoms with E-state index in [1.165, 1.54) is 0 Å². The van der Waals surface area contributed by atoms with Crippen LogP contribution >= 0.6 is 23.2 Å². The molecule has 2 aromatic rings. The maximum absolute atomic E-state index is 12.0. The molecule has 1 saturated heterocycles. The fourth-order valence-corrected chi connectivity index (χ4v) is 3.82. The smallest absolute Gasteiger partial charge is 0.409 e. The van der Waals surface area contributed by atoms with E-state index in [0.29, 0.717) is 42.8 Å². The molecule has 4 rings (SSSR count). The van der Waals surface area contributed by atoms with Crippen molar-refractivity contribution < 1.29 is 14.3 Å². The molecule has 2 aliphatic rings. The number of amides is 1. The van der Waals surface area contributed by atoms with E-state index in [0.717, 1.165) is 28.3 Å². The van der Waals surface area contributed by atoms with Gasteiger partial charge in [-0.2, -0.15) is 0 Å². The van der Waals surface area contributed by atoms with Crippen LogP contribution in [0.2, 0.25) is 10.0 Å². The summed E-state index contributed by atoms with van der Waals surface area (Å²) >= 11 is 12.5. The van der Waals surface area contributed by atoms with E-state index in [-0.39, 0.29) is 6.09 Å². The van der Waals surface area contributed by atoms with Crippen LogP contribution in [-0.4, -0.2) is 48.7 Å². The second-order valence-corrected chi connectivity index (χ2v) is 7.50. The summed E-state index contributed by atoms with van der Waals surface area (Å²) in [7, 11) is 0. The number of ether oxygens (including phenoxy) is 2. The van der Waals surface area contributed by atoms with Gasteiger partial charge in [0.25, 0.3) is 0 Å². The Morgan fingerprint density at radius 2 is 1.71 bits per heavy atom. The fraction of sp³-hybridized carbons (Fsp3) is 0.286. The Morgan fingerprint density at radius 1 is 1.04 bits per heavy atom. The Hall–Kier alpha value is -2.37. The average Bonchev–Trinajstić information content (AvgIpc) is 2.84. The topological polar surface area (TPSA) is 42.0 Å². The van der Waals surface area contributed by atoms with Gasteiger partial charge in [-0.1, -0.05) is 23.2 Å². The molecule has 0 aliphatic carbocycles. The summed E-state index contributed by atoms with van der Waals surface area (Å²) in [6.07, 6.45) is 1.81. The highest BCUT2D eigenvalue weighted by Gasteiger charge is 2.27. The molecule has 0 atom stereocenters. The van der Waals surface area contributed by atoms with Gasteiger partial charge in [-0.05, 0) is 49.4 Å². The third kappa shape index (κ3) is 3.77. The normalized spacial score (nSPS) is 15.8. The molecule has 2 aromatic carbocycles. The van der Waals surface area contributed by atoms with Crippen molar-refractivity contribution >= 4 is 41.1 Å². The van der Waals surface area contributed by atoms with Gasteiger partial charge >= 0.3 is 6.09 Å². The van der Waals surface area contributed by atoms with Crippen LogP contribution in [0.25, 0.3) is 11.8 Å². The number of fused-ring (bicyclic) bond motifs is 2. The lowest BCUT2D eigenvalue weighted by Crippen LogP contribution is -2.48. The predicted octanol–water partition coefficient (Wildman–Crippen LogP) is 5.37. The van der Waals surface area contributed by atoms with Crippen LogP contribution < -0.4 is 4.74 Å². The third-order valence-electron chi connectivity index (χ3n) is 4.85. The van der Waals surface area contributed by atoms with Crippen molar-refractivity contribution in [1.82, 2.24) is 9.80 Å². The third-order valence-corrected chi connectivity index (χ3v) is 5.32. The van der Waals surface area contributed by atoms with Crippen molar-refractivity contribution in [2.75, 3.05) is 32.8 Å². The molecule has 0 spiro atoms. The molecular formula is C21H20Cl2N2O3. The molecule has 1 fully saturated rings. The van der Waals surface area contributed by atoms with Gasteiger partial charge in [0.2, 0.25) is 0 Å². The Labute approximate surface area is 174 Å². The van der Waals surface area contributed by atoms with Crippen LogP contribution in [0.3, 0.4) is 0 Å². The lowest BCUT2D eigenvalue weighted by molar-refractivity contribution is 0.0907. The first kappa shape index (κ1) is 19.0. The molecular weight excluding hydrogens is 399 g/mol. The molecule has 1 amide bonds. The van der Waals surface area contributed by atoms with E-state index in [1.54, 1.807) is 4.90 Å². The summed E-state index contributed by atoms with van der Waals surface area (Å²) in [6, 6.07) is 11.2. The number of carbonyl (C=O) groups is 1. The van der Waals surface area contributed by atoms with Gasteiger partial charge in [0, 0.05) is 53.0 Å². The first-order valence-electron chi connectivity index (χ1n) is 9.21. The Bertz CT molecular complexity index is 937. The van der Waals surface area contributed by atoms with Crippen molar-refractivity contribution in [3.05, 3.63) is 57.6 Å². The molecule has 0 unspecified atom stereocenters. The molecule has 2 aliphatic heterocycles. The number of hydrogen-bond acceptors (Lipinski definition) is 4. The summed E-state index contributed by atoms with van der Waals surface area (Å²) in [6.45, 7) is 4.75. The molecule has 0 radical (unpaired) electrons. The van der Waals surface area contributed by atoms with E-state index >= 15 is 0 Å². The van der Waals surface area contributed by atoms with Gasteiger partial charge in [0.1, 0.15) is 11.5 Å². The highest BCUT2D eigenvalue weighted by atomic mass is 35.5. The highest BCUT2D eigenvalue weighted by Crippen LogP contribution is 2.41. The van der Waals surface area contributed by atoms with Gasteiger partial charge in [0.05, 0.1) is 6.61 Å². The molecule has 146 valence electrons. The van der Waals surface area contributed by atoms with E-state index in [1.807, 2.05) is 43.3 Å². The number of benzene rings is 2. The zero-order valence-corrected chi connectivity index (χ0v) is 17.0. The van der Waals surface area contributed by atoms with Gasteiger partial charge in [-0.25, -0.2) is 4.79 Å². The maximum Gasteiger partial charge on any atom is 0.409 e. The average molecular weight is 419 g/mol. The second-order valence-electron chi connectivity index (χ2n) is 6.63. The second kappa shape index (κ2) is 7.94. The number of halogens is 2. The minimum absolute atomic E-state index is 0.263. The van der Waals surface area contributed by atoms with E-state index < -0.39 is 0 Å². The van der Waals surface area contributed by atoms with Crippen molar-refractivity contribution in [2.24, 2.45) is 0 Å². The summed E-state index contributed by atoms with van der Waals surface area (Å²) in [5.74, 6) is 1.48. The number of piperazine rings is 1. The van der Waals surface area contributed by atoms with Crippen LogP contribution in [0.1, 0.15) is 18.1 Å². The number of nitrogens with zero attached hydrogens (tertiary/aromatic N) is 2. The van der Waals surface area contributed by atoms with Gasteiger partial charge < -0.3 is 19.3 Å². The minimum atomic E-state index is -0.263. The number of hydrogen-bond donors (Lipinski definition) is 0. The summed E-state index contributed by atoms with van der Waals surface area (Å²) in [5, 5.41) is 1.29. The van der Waals surface area contributed by atoms with Crippen LogP contribution in [0.4, 0.5) is 4.79 Å². The summed E-state index contributed by atoms with van der Waals surface area (Å²) < 4.78 is 11.3. The predicted molar refractivity (Wildman–Crippen MR) is 111 cm³/mol. The Morgan fingerprint density at radius 3 is 2.43 bits per heavy atom. The molecule has 7 heteroatoms. The highest BCUT2D eigenvalue weighted by molar-refractivity contribution is 6.31. The SMILES string of the molecule is CCOC(=O)N1CCN(C2=Cc3cc(Cl)ccc3Oc3ccc(Cl)cc32)CC1. The monoisotopic (exact) mass is 418 g/mol. The molecule has 0 aromatic heterocycles. The fourth-order valence-electron chi connectivity index (χ4n) is 3.47. The Balaban J connectivity index is 1.68. The van der Waals surface area contributed by atoms with Crippen molar-refractivity contribution in [2.45, 2.75) is 6.92 Å². The van der Waals surface area contributed by atoms with Crippen molar-refractivity contribution in [3.63, 3.8) is 0 Å². The van der Waals surface area contributed by atoms with Crippen molar-refractivity contribution in [1.29, 1.82) is 0 Å². The molecule has 28 heavy (non-hydrogen) atoms. The van der Waals surface area contributed by atoms with E-state index in [9.17, 15) is 4.79 Å². The van der Waals surface area contributed by atoms with Crippen molar-refractivity contribution in [3.8, 4) is 11.5 Å². The molecule has 0 N–H and O–H groups in total. The van der Waals surface area contributed by atoms with Crippen LogP contribution in [0.5, 0.6) is 11.5 Å². The van der Waals surface area contributed by atoms with Crippen LogP contribution in [0, 0.1) is 0 Å². The van der Waals surface area contributed by atoms with Gasteiger partial charge in [0.15, 0.2) is 0 Å². The van der Waals surface area contributed by atoms with Crippen LogP contribution in [0.15, 0.2) is 36.4 Å². The Kier molecular flexibility index (Phi) is 5.38. The molecule has 0 bridgehead atoms. The zero-order chi connectivity index (χ0) is 19.7. The minimum Gasteiger partial charge on any atom is -0.456 e.